The Morgan fingerprint density at radius 3 is 2.68 bits per heavy atom. The number of halogens is 2. The van der Waals surface area contributed by atoms with E-state index >= 15 is 0 Å². The van der Waals surface area contributed by atoms with E-state index in [1.165, 1.54) is 24.8 Å². The Kier molecular flexibility index (Phi) is 8.64. The first-order valence-electron chi connectivity index (χ1n) is 12.5. The molecule has 2 aliphatic rings. The molecule has 0 atom stereocenters. The number of nitrogens with zero attached hydrogens (tertiary/aromatic N) is 3. The van der Waals surface area contributed by atoms with Crippen molar-refractivity contribution < 1.29 is 22.7 Å². The number of oxazole rings is 1. The van der Waals surface area contributed by atoms with Gasteiger partial charge in [-0.3, -0.25) is 4.79 Å². The van der Waals surface area contributed by atoms with E-state index in [1.54, 1.807) is 12.3 Å². The number of alkyl halides is 2. The van der Waals surface area contributed by atoms with Gasteiger partial charge in [0.25, 0.3) is 6.43 Å². The SMILES string of the molecule is Cc1cnc(CC(=O)CC2CCC(CCN3CCc4ccc(OCC(F)F)nc4CC3)CC2)o1. The molecular weight excluding hydrogens is 440 g/mol. The molecule has 6 nitrogen and oxygen atoms in total. The Balaban J connectivity index is 1.15. The maximum Gasteiger partial charge on any atom is 0.272 e. The number of hydrogen-bond donors (Lipinski definition) is 0. The van der Waals surface area contributed by atoms with Crippen molar-refractivity contribution in [3.63, 3.8) is 0 Å². The van der Waals surface area contributed by atoms with Crippen molar-refractivity contribution in [2.24, 2.45) is 11.8 Å². The number of aromatic nitrogens is 2. The molecule has 4 rings (SSSR count). The van der Waals surface area contributed by atoms with Crippen LogP contribution in [0.5, 0.6) is 5.88 Å². The first-order valence-corrected chi connectivity index (χ1v) is 12.5. The molecule has 2 aromatic rings. The van der Waals surface area contributed by atoms with Crippen LogP contribution in [0.3, 0.4) is 0 Å². The summed E-state index contributed by atoms with van der Waals surface area (Å²) in [6, 6.07) is 3.67. The summed E-state index contributed by atoms with van der Waals surface area (Å²) in [5.74, 6) is 3.00. The monoisotopic (exact) mass is 475 g/mol. The Hall–Kier alpha value is -2.35. The van der Waals surface area contributed by atoms with E-state index in [0.717, 1.165) is 62.7 Å². The van der Waals surface area contributed by atoms with Gasteiger partial charge in [-0.2, -0.15) is 0 Å². The zero-order valence-corrected chi connectivity index (χ0v) is 20.0. The summed E-state index contributed by atoms with van der Waals surface area (Å²) in [6.07, 6.45) is 7.67. The maximum absolute atomic E-state index is 12.4. The zero-order valence-electron chi connectivity index (χ0n) is 20.0. The lowest BCUT2D eigenvalue weighted by Crippen LogP contribution is -2.29. The van der Waals surface area contributed by atoms with Crippen LogP contribution in [0.2, 0.25) is 0 Å². The van der Waals surface area contributed by atoms with Gasteiger partial charge in [-0.15, -0.1) is 0 Å². The molecule has 0 amide bonds. The van der Waals surface area contributed by atoms with E-state index in [9.17, 15) is 13.6 Å². The van der Waals surface area contributed by atoms with Crippen molar-refractivity contribution in [2.75, 3.05) is 26.2 Å². The number of hydrogen-bond acceptors (Lipinski definition) is 6. The predicted molar refractivity (Wildman–Crippen MR) is 124 cm³/mol. The number of ether oxygens (including phenoxy) is 1. The Labute approximate surface area is 200 Å². The van der Waals surface area contributed by atoms with E-state index in [1.807, 2.05) is 13.0 Å². The molecular formula is C26H35F2N3O3. The van der Waals surface area contributed by atoms with Crippen LogP contribution in [0.25, 0.3) is 0 Å². The number of ketones is 1. The molecule has 0 aromatic carbocycles. The molecule has 186 valence electrons. The van der Waals surface area contributed by atoms with Gasteiger partial charge >= 0.3 is 0 Å². The van der Waals surface area contributed by atoms with Gasteiger partial charge in [-0.1, -0.05) is 18.9 Å². The minimum absolute atomic E-state index is 0.228. The van der Waals surface area contributed by atoms with Crippen molar-refractivity contribution in [2.45, 2.75) is 71.1 Å². The van der Waals surface area contributed by atoms with Crippen LogP contribution in [0, 0.1) is 18.8 Å². The van der Waals surface area contributed by atoms with Crippen LogP contribution in [-0.4, -0.2) is 53.3 Å². The smallest absolute Gasteiger partial charge is 0.272 e. The van der Waals surface area contributed by atoms with Crippen LogP contribution in [0.1, 0.15) is 61.4 Å². The Morgan fingerprint density at radius 1 is 1.18 bits per heavy atom. The quantitative estimate of drug-likeness (QED) is 0.491. The van der Waals surface area contributed by atoms with Gasteiger partial charge in [0.15, 0.2) is 6.61 Å². The van der Waals surface area contributed by atoms with Gasteiger partial charge in [-0.05, 0) is 56.6 Å². The molecule has 0 spiro atoms. The lowest BCUT2D eigenvalue weighted by Gasteiger charge is -2.30. The van der Waals surface area contributed by atoms with Gasteiger partial charge in [0.05, 0.1) is 12.6 Å². The number of Topliss-reactive ketones (excluding diaryl/α,β-unsaturated/α-hetero) is 1. The van der Waals surface area contributed by atoms with Crippen molar-refractivity contribution >= 4 is 5.78 Å². The number of carbonyl (C=O) groups is 1. The van der Waals surface area contributed by atoms with Crippen LogP contribution < -0.4 is 4.74 Å². The highest BCUT2D eigenvalue weighted by Crippen LogP contribution is 2.33. The van der Waals surface area contributed by atoms with Crippen molar-refractivity contribution in [3.05, 3.63) is 41.2 Å². The van der Waals surface area contributed by atoms with Gasteiger partial charge in [0, 0.05) is 37.7 Å². The molecule has 0 radical (unpaired) electrons. The molecule has 1 saturated carbocycles. The van der Waals surface area contributed by atoms with Crippen LogP contribution in [0.4, 0.5) is 8.78 Å². The van der Waals surface area contributed by atoms with E-state index in [0.29, 0.717) is 30.5 Å². The molecule has 2 aromatic heterocycles. The summed E-state index contributed by atoms with van der Waals surface area (Å²) in [6.45, 7) is 4.22. The van der Waals surface area contributed by atoms with E-state index in [4.69, 9.17) is 9.15 Å². The molecule has 3 heterocycles. The first-order chi connectivity index (χ1) is 16.4. The number of pyridine rings is 1. The van der Waals surface area contributed by atoms with Crippen molar-refractivity contribution in [1.29, 1.82) is 0 Å². The third-order valence-electron chi connectivity index (χ3n) is 7.12. The van der Waals surface area contributed by atoms with E-state index < -0.39 is 13.0 Å². The van der Waals surface area contributed by atoms with Crippen molar-refractivity contribution in [1.82, 2.24) is 14.9 Å². The summed E-state index contributed by atoms with van der Waals surface area (Å²) in [7, 11) is 0. The molecule has 1 fully saturated rings. The molecule has 0 N–H and O–H groups in total. The second-order valence-corrected chi connectivity index (χ2v) is 9.76. The summed E-state index contributed by atoms with van der Waals surface area (Å²) < 4.78 is 35.3. The number of fused-ring (bicyclic) bond motifs is 1. The summed E-state index contributed by atoms with van der Waals surface area (Å²) >= 11 is 0. The normalized spacial score (nSPS) is 21.3. The van der Waals surface area contributed by atoms with Crippen molar-refractivity contribution in [3.8, 4) is 5.88 Å². The highest BCUT2D eigenvalue weighted by atomic mass is 19.3. The summed E-state index contributed by atoms with van der Waals surface area (Å²) in [5, 5.41) is 0. The molecule has 1 aliphatic carbocycles. The molecule has 0 unspecified atom stereocenters. The highest BCUT2D eigenvalue weighted by molar-refractivity contribution is 5.80. The molecule has 0 saturated heterocycles. The van der Waals surface area contributed by atoms with E-state index in [2.05, 4.69) is 14.9 Å². The third-order valence-corrected chi connectivity index (χ3v) is 7.12. The van der Waals surface area contributed by atoms with E-state index in [-0.39, 0.29) is 5.78 Å². The average molecular weight is 476 g/mol. The predicted octanol–water partition coefficient (Wildman–Crippen LogP) is 4.82. The summed E-state index contributed by atoms with van der Waals surface area (Å²) in [4.78, 5) is 23.5. The number of carbonyl (C=O) groups excluding carboxylic acids is 1. The Bertz CT molecular complexity index is 941. The number of rotatable bonds is 10. The average Bonchev–Trinajstić information content (AvgIpc) is 3.11. The van der Waals surface area contributed by atoms with Gasteiger partial charge < -0.3 is 14.1 Å². The number of aryl methyl sites for hydroxylation is 1. The fraction of sp³-hybridized carbons (Fsp3) is 0.654. The molecule has 8 heteroatoms. The van der Waals surface area contributed by atoms with Crippen LogP contribution in [0.15, 0.2) is 22.7 Å². The minimum atomic E-state index is -2.49. The van der Waals surface area contributed by atoms with Crippen LogP contribution >= 0.6 is 0 Å². The van der Waals surface area contributed by atoms with Gasteiger partial charge in [0.2, 0.25) is 11.8 Å². The topological polar surface area (TPSA) is 68.5 Å². The lowest BCUT2D eigenvalue weighted by molar-refractivity contribution is -0.119. The highest BCUT2D eigenvalue weighted by Gasteiger charge is 2.24. The first kappa shape index (κ1) is 24.8. The Morgan fingerprint density at radius 2 is 1.94 bits per heavy atom. The largest absolute Gasteiger partial charge is 0.472 e. The lowest BCUT2D eigenvalue weighted by atomic mass is 9.78. The molecule has 1 aliphatic heterocycles. The second kappa shape index (κ2) is 11.9. The van der Waals surface area contributed by atoms with Crippen LogP contribution in [-0.2, 0) is 24.1 Å². The van der Waals surface area contributed by atoms with Gasteiger partial charge in [0.1, 0.15) is 11.5 Å². The maximum atomic E-state index is 12.4. The zero-order chi connectivity index (χ0) is 23.9. The summed E-state index contributed by atoms with van der Waals surface area (Å²) in [5.41, 5.74) is 2.16. The fourth-order valence-corrected chi connectivity index (χ4v) is 5.20. The molecule has 34 heavy (non-hydrogen) atoms. The standard InChI is InChI=1S/C26H35F2N3O3/c1-18-16-29-26(34-18)15-22(32)14-20-4-2-19(3-5-20)8-11-31-12-9-21-6-7-25(33-17-24(27)28)30-23(21)10-13-31/h6-7,16,19-20,24H,2-5,8-15,17H2,1H3. The second-order valence-electron chi connectivity index (χ2n) is 9.76. The fourth-order valence-electron chi connectivity index (χ4n) is 5.20. The third kappa shape index (κ3) is 7.32. The van der Waals surface area contributed by atoms with Gasteiger partial charge in [-0.25, -0.2) is 18.7 Å². The minimum Gasteiger partial charge on any atom is -0.472 e. The molecule has 0 bridgehead atoms.